The molecule has 1 amide bonds. The predicted molar refractivity (Wildman–Crippen MR) is 84.0 cm³/mol. The van der Waals surface area contributed by atoms with Gasteiger partial charge >= 0.3 is 0 Å². The molecule has 0 radical (unpaired) electrons. The minimum absolute atomic E-state index is 0.0143. The van der Waals surface area contributed by atoms with E-state index in [2.05, 4.69) is 10.4 Å². The molecule has 2 heterocycles. The van der Waals surface area contributed by atoms with Crippen molar-refractivity contribution in [3.63, 3.8) is 0 Å². The van der Waals surface area contributed by atoms with Crippen LogP contribution in [0.4, 0.5) is 4.39 Å². The first-order chi connectivity index (χ1) is 11.0. The number of halogens is 1. The molecule has 0 spiro atoms. The van der Waals surface area contributed by atoms with Crippen LogP contribution in [0.1, 0.15) is 37.0 Å². The fourth-order valence-electron chi connectivity index (χ4n) is 2.95. The first kappa shape index (κ1) is 15.7. The van der Waals surface area contributed by atoms with Gasteiger partial charge in [0.15, 0.2) is 0 Å². The Bertz CT molecular complexity index is 698. The van der Waals surface area contributed by atoms with Gasteiger partial charge in [-0.2, -0.15) is 5.10 Å². The second-order valence-electron chi connectivity index (χ2n) is 6.36. The third-order valence-electron chi connectivity index (χ3n) is 4.00. The molecule has 1 aliphatic heterocycles. The van der Waals surface area contributed by atoms with Gasteiger partial charge in [-0.15, -0.1) is 0 Å². The molecule has 0 aliphatic carbocycles. The molecule has 1 N–H and O–H groups in total. The Morgan fingerprint density at radius 3 is 2.96 bits per heavy atom. The minimum Gasteiger partial charge on any atom is -0.375 e. The van der Waals surface area contributed by atoms with Gasteiger partial charge in [0, 0.05) is 25.0 Å². The van der Waals surface area contributed by atoms with Crippen molar-refractivity contribution in [2.24, 2.45) is 0 Å². The van der Waals surface area contributed by atoms with Crippen molar-refractivity contribution < 1.29 is 13.9 Å². The lowest BCUT2D eigenvalue weighted by Gasteiger charge is -2.35. The smallest absolute Gasteiger partial charge is 0.256 e. The Kier molecular flexibility index (Phi) is 4.17. The van der Waals surface area contributed by atoms with Crippen LogP contribution in [0, 0.1) is 5.82 Å². The molecule has 122 valence electrons. The van der Waals surface area contributed by atoms with Gasteiger partial charge in [-0.1, -0.05) is 6.07 Å². The van der Waals surface area contributed by atoms with E-state index in [1.54, 1.807) is 30.6 Å². The zero-order valence-electron chi connectivity index (χ0n) is 13.3. The van der Waals surface area contributed by atoms with Crippen LogP contribution in [0.25, 0.3) is 5.69 Å². The molecule has 1 fully saturated rings. The summed E-state index contributed by atoms with van der Waals surface area (Å²) in [5.41, 5.74) is 0.162. The predicted octanol–water partition coefficient (Wildman–Crippen LogP) is 2.70. The molecule has 2 aromatic rings. The van der Waals surface area contributed by atoms with Crippen LogP contribution >= 0.6 is 0 Å². The summed E-state index contributed by atoms with van der Waals surface area (Å²) >= 11 is 0. The molecule has 5 nitrogen and oxygen atoms in total. The summed E-state index contributed by atoms with van der Waals surface area (Å²) in [7, 11) is 0. The molecule has 3 rings (SSSR count). The monoisotopic (exact) mass is 317 g/mol. The van der Waals surface area contributed by atoms with Crippen LogP contribution in [-0.2, 0) is 4.74 Å². The van der Waals surface area contributed by atoms with Crippen molar-refractivity contribution in [2.75, 3.05) is 6.61 Å². The van der Waals surface area contributed by atoms with E-state index in [9.17, 15) is 9.18 Å². The minimum atomic E-state index is -0.554. The van der Waals surface area contributed by atoms with Crippen LogP contribution in [-0.4, -0.2) is 33.9 Å². The number of hydrogen-bond acceptors (Lipinski definition) is 3. The van der Waals surface area contributed by atoms with Crippen LogP contribution in [0.2, 0.25) is 0 Å². The average Bonchev–Trinajstić information content (AvgIpc) is 2.99. The third-order valence-corrected chi connectivity index (χ3v) is 4.00. The first-order valence-corrected chi connectivity index (χ1v) is 7.70. The molecule has 1 atom stereocenters. The number of hydrogen-bond donors (Lipinski definition) is 1. The van der Waals surface area contributed by atoms with E-state index < -0.39 is 11.7 Å². The first-order valence-electron chi connectivity index (χ1n) is 7.70. The van der Waals surface area contributed by atoms with Crippen LogP contribution in [0.5, 0.6) is 0 Å². The zero-order chi connectivity index (χ0) is 16.4. The molecule has 1 aromatic heterocycles. The highest BCUT2D eigenvalue weighted by molar-refractivity contribution is 5.98. The van der Waals surface area contributed by atoms with Gasteiger partial charge in [0.05, 0.1) is 11.3 Å². The molecule has 23 heavy (non-hydrogen) atoms. The lowest BCUT2D eigenvalue weighted by atomic mass is 9.93. The Morgan fingerprint density at radius 1 is 1.43 bits per heavy atom. The highest BCUT2D eigenvalue weighted by atomic mass is 19.1. The van der Waals surface area contributed by atoms with Crippen LogP contribution in [0.3, 0.4) is 0 Å². The number of benzene rings is 1. The number of aromatic nitrogens is 2. The topological polar surface area (TPSA) is 56.2 Å². The molecule has 1 aliphatic rings. The van der Waals surface area contributed by atoms with Crippen molar-refractivity contribution in [3.05, 3.63) is 48.0 Å². The number of rotatable bonds is 3. The second-order valence-corrected chi connectivity index (χ2v) is 6.36. The molecule has 0 bridgehead atoms. The average molecular weight is 317 g/mol. The number of amides is 1. The van der Waals surface area contributed by atoms with Crippen molar-refractivity contribution >= 4 is 5.91 Å². The zero-order valence-corrected chi connectivity index (χ0v) is 13.3. The number of ether oxygens (including phenoxy) is 1. The summed E-state index contributed by atoms with van der Waals surface area (Å²) in [6.07, 6.45) is 4.70. The molecule has 1 aromatic carbocycles. The molecule has 6 heteroatoms. The fourth-order valence-corrected chi connectivity index (χ4v) is 2.95. The lowest BCUT2D eigenvalue weighted by Crippen LogP contribution is -2.46. The van der Waals surface area contributed by atoms with E-state index in [1.165, 1.54) is 10.7 Å². The maximum atomic E-state index is 14.3. The third kappa shape index (κ3) is 3.42. The highest BCUT2D eigenvalue weighted by Gasteiger charge is 2.30. The van der Waals surface area contributed by atoms with Gasteiger partial charge in [0.2, 0.25) is 0 Å². The fraction of sp³-hybridized carbons (Fsp3) is 0.412. The molecule has 0 unspecified atom stereocenters. The van der Waals surface area contributed by atoms with Crippen molar-refractivity contribution in [3.8, 4) is 5.69 Å². The van der Waals surface area contributed by atoms with Crippen LogP contribution in [0.15, 0.2) is 36.7 Å². The summed E-state index contributed by atoms with van der Waals surface area (Å²) in [5, 5.41) is 7.02. The van der Waals surface area contributed by atoms with Crippen molar-refractivity contribution in [1.29, 1.82) is 0 Å². The molecule has 0 saturated carbocycles. The molecular formula is C17H20FN3O2. The van der Waals surface area contributed by atoms with Crippen molar-refractivity contribution in [1.82, 2.24) is 15.1 Å². The van der Waals surface area contributed by atoms with E-state index in [1.807, 2.05) is 13.8 Å². The molecular weight excluding hydrogens is 297 g/mol. The van der Waals surface area contributed by atoms with E-state index in [4.69, 9.17) is 4.74 Å². The van der Waals surface area contributed by atoms with Gasteiger partial charge in [-0.25, -0.2) is 9.07 Å². The van der Waals surface area contributed by atoms with Gasteiger partial charge < -0.3 is 10.1 Å². The Morgan fingerprint density at radius 2 is 2.26 bits per heavy atom. The SMILES string of the molecule is CC1(C)C[C@@H](NC(=O)c2c(F)cccc2-n2cccn2)CCO1. The van der Waals surface area contributed by atoms with Gasteiger partial charge in [-0.05, 0) is 44.9 Å². The van der Waals surface area contributed by atoms with E-state index in [-0.39, 0.29) is 17.2 Å². The van der Waals surface area contributed by atoms with Crippen LogP contribution < -0.4 is 5.32 Å². The maximum absolute atomic E-state index is 14.3. The van der Waals surface area contributed by atoms with Gasteiger partial charge in [0.25, 0.3) is 5.91 Å². The number of nitrogens with one attached hydrogen (secondary N) is 1. The summed E-state index contributed by atoms with van der Waals surface area (Å²) in [4.78, 5) is 12.6. The van der Waals surface area contributed by atoms with E-state index in [0.29, 0.717) is 18.7 Å². The lowest BCUT2D eigenvalue weighted by molar-refractivity contribution is -0.0615. The summed E-state index contributed by atoms with van der Waals surface area (Å²) in [6.45, 7) is 4.56. The standard InChI is InChI=1S/C17H20FN3O2/c1-17(2)11-12(7-10-23-17)20-16(22)15-13(18)5-3-6-14(15)21-9-4-8-19-21/h3-6,8-9,12H,7,10-11H2,1-2H3,(H,20,22)/t12-/m0/s1. The Labute approximate surface area is 134 Å². The highest BCUT2D eigenvalue weighted by Crippen LogP contribution is 2.25. The maximum Gasteiger partial charge on any atom is 0.256 e. The quantitative estimate of drug-likeness (QED) is 0.947. The van der Waals surface area contributed by atoms with E-state index in [0.717, 1.165) is 6.42 Å². The molecule has 1 saturated heterocycles. The number of carbonyl (C=O) groups is 1. The summed E-state index contributed by atoms with van der Waals surface area (Å²) < 4.78 is 21.4. The van der Waals surface area contributed by atoms with Crippen molar-refractivity contribution in [2.45, 2.75) is 38.3 Å². The number of nitrogens with zero attached hydrogens (tertiary/aromatic N) is 2. The summed E-state index contributed by atoms with van der Waals surface area (Å²) in [5.74, 6) is -0.974. The summed E-state index contributed by atoms with van der Waals surface area (Å²) in [6, 6.07) is 6.24. The van der Waals surface area contributed by atoms with E-state index >= 15 is 0 Å². The van der Waals surface area contributed by atoms with Gasteiger partial charge in [-0.3, -0.25) is 4.79 Å². The Balaban J connectivity index is 1.85. The second kappa shape index (κ2) is 6.12. The largest absolute Gasteiger partial charge is 0.375 e. The van der Waals surface area contributed by atoms with Gasteiger partial charge in [0.1, 0.15) is 11.4 Å². The number of carbonyl (C=O) groups excluding carboxylic acids is 1. The Hall–Kier alpha value is -2.21. The normalized spacial score (nSPS) is 20.2.